The minimum atomic E-state index is -0.0475. The zero-order valence-electron chi connectivity index (χ0n) is 38.7. The molecule has 12 rings (SSSR count). The summed E-state index contributed by atoms with van der Waals surface area (Å²) in [6.07, 6.45) is 0. The van der Waals surface area contributed by atoms with E-state index in [2.05, 4.69) is 219 Å². The van der Waals surface area contributed by atoms with Crippen molar-refractivity contribution in [3.05, 3.63) is 161 Å². The SMILES string of the molecule is Cc1ccc(C)c(-c2cc3c4c(c2)-n2c5c(cc(-c6ccc(C(C)(C)C)cc6)cc5c5ccc6ccccc6c52)B4n2c4ccc(C(C)(C)C)cc4c4cc(C(C)(C)C)cc-3c42)c1. The van der Waals surface area contributed by atoms with Crippen LogP contribution in [0, 0.1) is 13.8 Å². The molecule has 0 saturated carbocycles. The maximum Gasteiger partial charge on any atom is 0.333 e. The highest BCUT2D eigenvalue weighted by atomic mass is 15.0. The molecule has 0 fully saturated rings. The Labute approximate surface area is 372 Å². The quantitative estimate of drug-likeness (QED) is 0.154. The van der Waals surface area contributed by atoms with Crippen LogP contribution in [0.4, 0.5) is 0 Å². The first kappa shape index (κ1) is 38.4. The second kappa shape index (κ2) is 12.7. The molecule has 0 saturated heterocycles. The van der Waals surface area contributed by atoms with Crippen LogP contribution in [0.15, 0.2) is 133 Å². The molecule has 0 aliphatic carbocycles. The van der Waals surface area contributed by atoms with Crippen LogP contribution in [0.2, 0.25) is 0 Å². The third kappa shape index (κ3) is 5.44. The van der Waals surface area contributed by atoms with Crippen LogP contribution in [0.25, 0.3) is 93.5 Å². The third-order valence-corrected chi connectivity index (χ3v) is 14.7. The fourth-order valence-corrected chi connectivity index (χ4v) is 11.2. The van der Waals surface area contributed by atoms with E-state index in [1.54, 1.807) is 0 Å². The zero-order chi connectivity index (χ0) is 43.6. The van der Waals surface area contributed by atoms with Crippen molar-refractivity contribution in [1.29, 1.82) is 0 Å². The molecule has 4 heterocycles. The van der Waals surface area contributed by atoms with E-state index in [0.29, 0.717) is 0 Å². The minimum absolute atomic E-state index is 0.0154. The Bertz CT molecular complexity index is 3630. The highest BCUT2D eigenvalue weighted by molar-refractivity contribution is 6.90. The second-order valence-electron chi connectivity index (χ2n) is 22.0. The van der Waals surface area contributed by atoms with E-state index in [-0.39, 0.29) is 23.1 Å². The molecule has 10 aromatic rings. The summed E-state index contributed by atoms with van der Waals surface area (Å²) >= 11 is 0. The predicted molar refractivity (Wildman–Crippen MR) is 274 cm³/mol. The molecule has 2 aliphatic rings. The van der Waals surface area contributed by atoms with Crippen LogP contribution >= 0.6 is 0 Å². The van der Waals surface area contributed by atoms with Crippen molar-refractivity contribution in [3.8, 4) is 39.1 Å². The Hall–Kier alpha value is -6.32. The summed E-state index contributed by atoms with van der Waals surface area (Å²) in [6.45, 7) is 25.5. The molecule has 2 aliphatic heterocycles. The van der Waals surface area contributed by atoms with Gasteiger partial charge < -0.3 is 9.05 Å². The average molecular weight is 815 g/mol. The van der Waals surface area contributed by atoms with Gasteiger partial charge in [-0.2, -0.15) is 0 Å². The largest absolute Gasteiger partial charge is 0.375 e. The van der Waals surface area contributed by atoms with Gasteiger partial charge in [-0.3, -0.25) is 0 Å². The summed E-state index contributed by atoms with van der Waals surface area (Å²) in [4.78, 5) is 0. The lowest BCUT2D eigenvalue weighted by Gasteiger charge is -2.35. The Kier molecular flexibility index (Phi) is 7.71. The number of benzene rings is 8. The Morgan fingerprint density at radius 2 is 1.13 bits per heavy atom. The van der Waals surface area contributed by atoms with Crippen LogP contribution in [0.3, 0.4) is 0 Å². The van der Waals surface area contributed by atoms with Crippen molar-refractivity contribution < 1.29 is 0 Å². The molecule has 63 heavy (non-hydrogen) atoms. The zero-order valence-corrected chi connectivity index (χ0v) is 38.7. The first-order valence-corrected chi connectivity index (χ1v) is 23.0. The van der Waals surface area contributed by atoms with Gasteiger partial charge in [-0.25, -0.2) is 0 Å². The molecule has 308 valence electrons. The van der Waals surface area contributed by atoms with Crippen molar-refractivity contribution in [2.24, 2.45) is 0 Å². The van der Waals surface area contributed by atoms with Gasteiger partial charge in [-0.15, -0.1) is 0 Å². The number of rotatable bonds is 2. The van der Waals surface area contributed by atoms with Gasteiger partial charge in [0.25, 0.3) is 0 Å². The Morgan fingerprint density at radius 3 is 1.87 bits per heavy atom. The normalized spacial score (nSPS) is 13.6. The number of nitrogens with zero attached hydrogens (tertiary/aromatic N) is 2. The molecule has 0 N–H and O–H groups in total. The molecule has 0 radical (unpaired) electrons. The van der Waals surface area contributed by atoms with Gasteiger partial charge in [0.15, 0.2) is 0 Å². The Morgan fingerprint density at radius 1 is 0.429 bits per heavy atom. The molecule has 8 aromatic carbocycles. The van der Waals surface area contributed by atoms with Gasteiger partial charge in [0.1, 0.15) is 0 Å². The molecule has 2 aromatic heterocycles. The van der Waals surface area contributed by atoms with Gasteiger partial charge in [0.2, 0.25) is 0 Å². The molecule has 0 atom stereocenters. The maximum absolute atomic E-state index is 2.75. The number of aryl methyl sites for hydroxylation is 2. The molecule has 0 spiro atoms. The van der Waals surface area contributed by atoms with Gasteiger partial charge >= 0.3 is 6.85 Å². The van der Waals surface area contributed by atoms with E-state index in [1.165, 1.54) is 132 Å². The fraction of sp³-hybridized carbons (Fsp3) is 0.233. The van der Waals surface area contributed by atoms with E-state index >= 15 is 0 Å². The lowest BCUT2D eigenvalue weighted by atomic mass is 9.45. The molecular formula is C60H55BN2. The van der Waals surface area contributed by atoms with Crippen LogP contribution in [-0.2, 0) is 16.2 Å². The summed E-state index contributed by atoms with van der Waals surface area (Å²) in [6, 6.07) is 52.6. The van der Waals surface area contributed by atoms with E-state index in [0.717, 1.165) is 0 Å². The van der Waals surface area contributed by atoms with Gasteiger partial charge in [0.05, 0.1) is 11.0 Å². The third-order valence-electron chi connectivity index (χ3n) is 14.7. The highest BCUT2D eigenvalue weighted by Gasteiger charge is 2.43. The highest BCUT2D eigenvalue weighted by Crippen LogP contribution is 2.48. The van der Waals surface area contributed by atoms with Crippen LogP contribution in [0.1, 0.15) is 90.1 Å². The molecule has 0 amide bonds. The summed E-state index contributed by atoms with van der Waals surface area (Å²) in [5, 5.41) is 7.85. The predicted octanol–water partition coefficient (Wildman–Crippen LogP) is 14.8. The topological polar surface area (TPSA) is 9.86 Å². The van der Waals surface area contributed by atoms with Crippen molar-refractivity contribution >= 4 is 72.2 Å². The van der Waals surface area contributed by atoms with Crippen molar-refractivity contribution in [2.75, 3.05) is 0 Å². The number of hydrogen-bond donors (Lipinski definition) is 0. The molecule has 0 bridgehead atoms. The monoisotopic (exact) mass is 814 g/mol. The van der Waals surface area contributed by atoms with E-state index < -0.39 is 0 Å². The smallest absolute Gasteiger partial charge is 0.333 e. The van der Waals surface area contributed by atoms with Gasteiger partial charge in [-0.1, -0.05) is 159 Å². The van der Waals surface area contributed by atoms with Gasteiger partial charge in [-0.05, 0) is 139 Å². The van der Waals surface area contributed by atoms with Crippen molar-refractivity contribution in [3.63, 3.8) is 0 Å². The molecule has 0 unspecified atom stereocenters. The summed E-state index contributed by atoms with van der Waals surface area (Å²) in [5.41, 5.74) is 23.7. The molecular weight excluding hydrogens is 759 g/mol. The first-order chi connectivity index (χ1) is 30.0. The second-order valence-corrected chi connectivity index (χ2v) is 22.0. The molecule has 2 nitrogen and oxygen atoms in total. The summed E-state index contributed by atoms with van der Waals surface area (Å²) in [5.74, 6) is 0. The summed E-state index contributed by atoms with van der Waals surface area (Å²) < 4.78 is 5.43. The van der Waals surface area contributed by atoms with Crippen molar-refractivity contribution in [2.45, 2.75) is 92.4 Å². The van der Waals surface area contributed by atoms with Crippen LogP contribution < -0.4 is 10.9 Å². The van der Waals surface area contributed by atoms with Gasteiger partial charge in [0, 0.05) is 49.2 Å². The van der Waals surface area contributed by atoms with E-state index in [1.807, 2.05) is 0 Å². The minimum Gasteiger partial charge on any atom is -0.375 e. The number of hydrogen-bond acceptors (Lipinski definition) is 0. The van der Waals surface area contributed by atoms with Crippen LogP contribution in [0.5, 0.6) is 0 Å². The van der Waals surface area contributed by atoms with Crippen molar-refractivity contribution in [1.82, 2.24) is 9.05 Å². The number of aromatic nitrogens is 2. The fourth-order valence-electron chi connectivity index (χ4n) is 11.2. The van der Waals surface area contributed by atoms with E-state index in [4.69, 9.17) is 0 Å². The van der Waals surface area contributed by atoms with Crippen LogP contribution in [-0.4, -0.2) is 15.9 Å². The van der Waals surface area contributed by atoms with E-state index in [9.17, 15) is 0 Å². The lowest BCUT2D eigenvalue weighted by Crippen LogP contribution is -2.55. The Balaban J connectivity index is 1.31. The number of fused-ring (bicyclic) bond motifs is 12. The lowest BCUT2D eigenvalue weighted by molar-refractivity contribution is 0.590. The maximum atomic E-state index is 2.75. The molecule has 3 heteroatoms. The average Bonchev–Trinajstić information content (AvgIpc) is 3.77. The first-order valence-electron chi connectivity index (χ1n) is 23.0. The standard InChI is InChI=1S/C60H55BN2/c1-34-16-17-35(2)45(26-34)39-28-47-50-33-42(60(9,10)11)32-49-46-31-41(59(6,7)8)23-25-52(46)63(56(49)50)61-51-29-38(36-18-21-40(22-19-36)58(3,4)5)27-48-44-24-20-37-14-12-13-15-43(37)55(44)62(57(48)51)53(30-39)54(47)61/h12-33H,1-11H3. The summed E-state index contributed by atoms with van der Waals surface area (Å²) in [7, 11) is 0.